The van der Waals surface area contributed by atoms with Gasteiger partial charge in [0, 0.05) is 12.2 Å². The van der Waals surface area contributed by atoms with Gasteiger partial charge >= 0.3 is 0 Å². The average Bonchev–Trinajstić information content (AvgIpc) is 2.69. The van der Waals surface area contributed by atoms with Gasteiger partial charge in [-0.1, -0.05) is 19.9 Å². The molecule has 0 saturated heterocycles. The Morgan fingerprint density at radius 2 is 2.11 bits per heavy atom. The predicted octanol–water partition coefficient (Wildman–Crippen LogP) is 2.12. The number of hydrogen-bond acceptors (Lipinski definition) is 2. The van der Waals surface area contributed by atoms with Crippen LogP contribution in [0.4, 0.5) is 10.1 Å². The molecule has 1 unspecified atom stereocenters. The van der Waals surface area contributed by atoms with E-state index < -0.39 is 6.04 Å². The molecule has 2 N–H and O–H groups in total. The van der Waals surface area contributed by atoms with Crippen molar-refractivity contribution in [1.82, 2.24) is 0 Å². The van der Waals surface area contributed by atoms with Crippen molar-refractivity contribution < 1.29 is 9.18 Å². The number of carbonyl (C=O) groups excluding carboxylic acids is 1. The van der Waals surface area contributed by atoms with Crippen LogP contribution in [0, 0.1) is 11.7 Å². The third-order valence-corrected chi connectivity index (χ3v) is 3.21. The van der Waals surface area contributed by atoms with Crippen molar-refractivity contribution in [3.05, 3.63) is 29.6 Å². The van der Waals surface area contributed by atoms with Gasteiger partial charge in [0.05, 0.1) is 6.04 Å². The minimum Gasteiger partial charge on any atom is -0.320 e. The Kier molecular flexibility index (Phi) is 4.71. The molecule has 5 heteroatoms. The van der Waals surface area contributed by atoms with Crippen LogP contribution in [-0.2, 0) is 11.2 Å². The Morgan fingerprint density at radius 1 is 1.44 bits per heavy atom. The molecule has 0 saturated carbocycles. The lowest BCUT2D eigenvalue weighted by Crippen LogP contribution is -2.46. The topological polar surface area (TPSA) is 46.3 Å². The van der Waals surface area contributed by atoms with Gasteiger partial charge in [-0.2, -0.15) is 0 Å². The number of anilines is 1. The first kappa shape index (κ1) is 14.9. The van der Waals surface area contributed by atoms with Crippen molar-refractivity contribution in [1.29, 1.82) is 0 Å². The van der Waals surface area contributed by atoms with Gasteiger partial charge in [0.25, 0.3) is 0 Å². The molecule has 1 aromatic rings. The summed E-state index contributed by atoms with van der Waals surface area (Å²) in [7, 11) is 0. The summed E-state index contributed by atoms with van der Waals surface area (Å²) in [4.78, 5) is 13.7. The van der Waals surface area contributed by atoms with E-state index in [0.717, 1.165) is 12.0 Å². The summed E-state index contributed by atoms with van der Waals surface area (Å²) >= 11 is 0. The molecule has 1 atom stereocenters. The first-order valence-corrected chi connectivity index (χ1v) is 5.86. The van der Waals surface area contributed by atoms with E-state index in [9.17, 15) is 9.18 Å². The number of fused-ring (bicyclic) bond motifs is 1. The summed E-state index contributed by atoms with van der Waals surface area (Å²) < 4.78 is 13.2. The van der Waals surface area contributed by atoms with E-state index >= 15 is 0 Å². The molecule has 0 aromatic heterocycles. The summed E-state index contributed by atoms with van der Waals surface area (Å²) in [6.07, 6.45) is 0.770. The minimum atomic E-state index is -0.524. The number of carbonyl (C=O) groups is 1. The van der Waals surface area contributed by atoms with Gasteiger partial charge in [0.2, 0.25) is 5.91 Å². The zero-order chi connectivity index (χ0) is 12.6. The van der Waals surface area contributed by atoms with Crippen molar-refractivity contribution in [2.24, 2.45) is 11.7 Å². The molecule has 0 spiro atoms. The molecule has 1 aliphatic rings. The fourth-order valence-electron chi connectivity index (χ4n) is 2.05. The van der Waals surface area contributed by atoms with E-state index in [1.165, 1.54) is 12.1 Å². The highest BCUT2D eigenvalue weighted by atomic mass is 35.5. The number of nitrogens with zero attached hydrogens (tertiary/aromatic N) is 1. The minimum absolute atomic E-state index is 0. The molecule has 100 valence electrons. The molecule has 1 aliphatic heterocycles. The number of nitrogens with two attached hydrogens (primary N) is 1. The Balaban J connectivity index is 0.00000162. The summed E-state index contributed by atoms with van der Waals surface area (Å²) in [5, 5.41) is 0. The third kappa shape index (κ3) is 2.65. The standard InChI is InChI=1S/C13H17FN2O.ClH/c1-8(2)12(15)13(17)16-6-5-9-3-4-10(14)7-11(9)16;/h3-4,7-8,12H,5-6,15H2,1-2H3;1H. The van der Waals surface area contributed by atoms with Crippen molar-refractivity contribution in [2.75, 3.05) is 11.4 Å². The van der Waals surface area contributed by atoms with E-state index in [1.807, 2.05) is 13.8 Å². The van der Waals surface area contributed by atoms with Crippen molar-refractivity contribution in [3.8, 4) is 0 Å². The lowest BCUT2D eigenvalue weighted by Gasteiger charge is -2.23. The van der Waals surface area contributed by atoms with Crippen LogP contribution in [0.5, 0.6) is 0 Å². The fraction of sp³-hybridized carbons (Fsp3) is 0.462. The van der Waals surface area contributed by atoms with Crippen LogP contribution in [0.2, 0.25) is 0 Å². The van der Waals surface area contributed by atoms with Gasteiger partial charge in [-0.05, 0) is 30.0 Å². The quantitative estimate of drug-likeness (QED) is 0.896. The largest absolute Gasteiger partial charge is 0.320 e. The highest BCUT2D eigenvalue weighted by Crippen LogP contribution is 2.29. The number of rotatable bonds is 2. The Morgan fingerprint density at radius 3 is 2.72 bits per heavy atom. The van der Waals surface area contributed by atoms with E-state index in [-0.39, 0.29) is 30.0 Å². The molecule has 1 amide bonds. The second-order valence-electron chi connectivity index (χ2n) is 4.78. The number of amides is 1. The fourth-order valence-corrected chi connectivity index (χ4v) is 2.05. The molecule has 18 heavy (non-hydrogen) atoms. The van der Waals surface area contributed by atoms with E-state index in [4.69, 9.17) is 5.73 Å². The molecule has 2 rings (SSSR count). The van der Waals surface area contributed by atoms with Crippen molar-refractivity contribution in [3.63, 3.8) is 0 Å². The molecule has 0 fully saturated rings. The first-order valence-electron chi connectivity index (χ1n) is 5.86. The molecule has 3 nitrogen and oxygen atoms in total. The van der Waals surface area contributed by atoms with Gasteiger partial charge in [-0.15, -0.1) is 12.4 Å². The van der Waals surface area contributed by atoms with Gasteiger partial charge in [0.15, 0.2) is 0 Å². The van der Waals surface area contributed by atoms with Crippen LogP contribution in [0.3, 0.4) is 0 Å². The predicted molar refractivity (Wildman–Crippen MR) is 72.5 cm³/mol. The summed E-state index contributed by atoms with van der Waals surface area (Å²) in [5.41, 5.74) is 7.53. The molecule has 0 radical (unpaired) electrons. The lowest BCUT2D eigenvalue weighted by atomic mass is 10.0. The van der Waals surface area contributed by atoms with Gasteiger partial charge < -0.3 is 10.6 Å². The molecular formula is C13H18ClFN2O. The van der Waals surface area contributed by atoms with E-state index in [1.54, 1.807) is 11.0 Å². The monoisotopic (exact) mass is 272 g/mol. The van der Waals surface area contributed by atoms with Gasteiger partial charge in [0.1, 0.15) is 5.82 Å². The second kappa shape index (κ2) is 5.67. The number of hydrogen-bond donors (Lipinski definition) is 1. The SMILES string of the molecule is CC(C)C(N)C(=O)N1CCc2ccc(F)cc21.Cl. The van der Waals surface area contributed by atoms with Gasteiger partial charge in [-0.25, -0.2) is 4.39 Å². The summed E-state index contributed by atoms with van der Waals surface area (Å²) in [6, 6.07) is 4.05. The van der Waals surface area contributed by atoms with Crippen LogP contribution >= 0.6 is 12.4 Å². The van der Waals surface area contributed by atoms with E-state index in [0.29, 0.717) is 12.2 Å². The molecule has 1 heterocycles. The Bertz CT molecular complexity index is 451. The molecule has 1 aromatic carbocycles. The van der Waals surface area contributed by atoms with Crippen LogP contribution < -0.4 is 10.6 Å². The molecular weight excluding hydrogens is 255 g/mol. The van der Waals surface area contributed by atoms with Crippen LogP contribution in [0.15, 0.2) is 18.2 Å². The Hall–Kier alpha value is -1.13. The molecule has 0 aliphatic carbocycles. The maximum absolute atomic E-state index is 13.2. The zero-order valence-electron chi connectivity index (χ0n) is 10.5. The van der Waals surface area contributed by atoms with Crippen LogP contribution in [0.1, 0.15) is 19.4 Å². The highest BCUT2D eigenvalue weighted by molar-refractivity contribution is 5.99. The smallest absolute Gasteiger partial charge is 0.244 e. The first-order chi connectivity index (χ1) is 8.00. The normalized spacial score (nSPS) is 15.3. The lowest BCUT2D eigenvalue weighted by molar-refractivity contribution is -0.120. The molecule has 0 bridgehead atoms. The maximum Gasteiger partial charge on any atom is 0.244 e. The van der Waals surface area contributed by atoms with Crippen LogP contribution in [0.25, 0.3) is 0 Å². The highest BCUT2D eigenvalue weighted by Gasteiger charge is 2.29. The third-order valence-electron chi connectivity index (χ3n) is 3.21. The number of benzene rings is 1. The zero-order valence-corrected chi connectivity index (χ0v) is 11.3. The summed E-state index contributed by atoms with van der Waals surface area (Å²) in [5.74, 6) is -0.356. The van der Waals surface area contributed by atoms with Crippen LogP contribution in [-0.4, -0.2) is 18.5 Å². The average molecular weight is 273 g/mol. The second-order valence-corrected chi connectivity index (χ2v) is 4.78. The summed E-state index contributed by atoms with van der Waals surface area (Å²) in [6.45, 7) is 4.41. The maximum atomic E-state index is 13.2. The van der Waals surface area contributed by atoms with Crippen molar-refractivity contribution in [2.45, 2.75) is 26.3 Å². The van der Waals surface area contributed by atoms with Gasteiger partial charge in [-0.3, -0.25) is 4.79 Å². The Labute approximate surface area is 113 Å². The van der Waals surface area contributed by atoms with E-state index in [2.05, 4.69) is 0 Å². The van der Waals surface area contributed by atoms with Crippen molar-refractivity contribution >= 4 is 24.0 Å². The number of halogens is 2.